The number of benzene rings is 1. The molecule has 0 spiro atoms. The molecule has 0 aromatic heterocycles. The number of methoxy groups -OCH3 is 1. The van der Waals surface area contributed by atoms with Gasteiger partial charge in [0.25, 0.3) is 0 Å². The van der Waals surface area contributed by atoms with Crippen molar-refractivity contribution >= 4 is 11.6 Å². The summed E-state index contributed by atoms with van der Waals surface area (Å²) in [4.78, 5) is 11.6. The average molecular weight is 254 g/mol. The first kappa shape index (κ1) is 14.4. The van der Waals surface area contributed by atoms with Gasteiger partial charge in [-0.05, 0) is 26.0 Å². The van der Waals surface area contributed by atoms with Gasteiger partial charge in [-0.1, -0.05) is 6.07 Å². The zero-order valence-corrected chi connectivity index (χ0v) is 10.9. The van der Waals surface area contributed by atoms with E-state index in [1.807, 2.05) is 6.92 Å². The van der Waals surface area contributed by atoms with E-state index in [4.69, 9.17) is 4.74 Å². The van der Waals surface area contributed by atoms with Crippen LogP contribution in [0.15, 0.2) is 18.2 Å². The standard InChI is InChI=1S/C13H19FN2O2/c1-9(8-18-3)16-13(17)7-15-12-6-4-5-11(14)10(12)2/h4-6,9,15H,7-8H2,1-3H3,(H,16,17). The van der Waals surface area contributed by atoms with Gasteiger partial charge in [0.2, 0.25) is 5.91 Å². The Morgan fingerprint density at radius 3 is 2.89 bits per heavy atom. The number of halogens is 1. The molecule has 1 aromatic rings. The molecule has 1 atom stereocenters. The second kappa shape index (κ2) is 6.96. The van der Waals surface area contributed by atoms with Gasteiger partial charge >= 0.3 is 0 Å². The molecule has 1 amide bonds. The van der Waals surface area contributed by atoms with Crippen molar-refractivity contribution in [3.63, 3.8) is 0 Å². The Hall–Kier alpha value is -1.62. The highest BCUT2D eigenvalue weighted by Gasteiger charge is 2.08. The second-order valence-corrected chi connectivity index (χ2v) is 4.19. The summed E-state index contributed by atoms with van der Waals surface area (Å²) in [7, 11) is 1.58. The zero-order valence-electron chi connectivity index (χ0n) is 10.9. The molecule has 2 N–H and O–H groups in total. The molecular formula is C13H19FN2O2. The molecule has 0 saturated carbocycles. The van der Waals surface area contributed by atoms with Crippen LogP contribution in [0.5, 0.6) is 0 Å². The third-order valence-electron chi connectivity index (χ3n) is 2.53. The maximum atomic E-state index is 13.3. The van der Waals surface area contributed by atoms with Gasteiger partial charge in [0, 0.05) is 24.4 Å². The lowest BCUT2D eigenvalue weighted by Gasteiger charge is -2.14. The Morgan fingerprint density at radius 2 is 2.22 bits per heavy atom. The summed E-state index contributed by atoms with van der Waals surface area (Å²) in [5, 5.41) is 5.67. The number of nitrogens with one attached hydrogen (secondary N) is 2. The molecule has 0 bridgehead atoms. The van der Waals surface area contributed by atoms with E-state index in [1.54, 1.807) is 26.2 Å². The van der Waals surface area contributed by atoms with E-state index in [0.717, 1.165) is 0 Å². The number of hydrogen-bond donors (Lipinski definition) is 2. The van der Waals surface area contributed by atoms with E-state index in [1.165, 1.54) is 6.07 Å². The molecule has 0 saturated heterocycles. The Bertz CT molecular complexity index is 410. The quantitative estimate of drug-likeness (QED) is 0.812. The highest BCUT2D eigenvalue weighted by Crippen LogP contribution is 2.16. The minimum absolute atomic E-state index is 0.0436. The molecule has 1 aromatic carbocycles. The van der Waals surface area contributed by atoms with Crippen LogP contribution in [0.3, 0.4) is 0 Å². The van der Waals surface area contributed by atoms with Crippen molar-refractivity contribution in [2.24, 2.45) is 0 Å². The Balaban J connectivity index is 2.45. The number of anilines is 1. The molecule has 0 aliphatic heterocycles. The second-order valence-electron chi connectivity index (χ2n) is 4.19. The summed E-state index contributed by atoms with van der Waals surface area (Å²) in [6.07, 6.45) is 0. The summed E-state index contributed by atoms with van der Waals surface area (Å²) in [6, 6.07) is 4.69. The fourth-order valence-electron chi connectivity index (χ4n) is 1.59. The lowest BCUT2D eigenvalue weighted by atomic mass is 10.2. The van der Waals surface area contributed by atoms with Crippen LogP contribution >= 0.6 is 0 Å². The van der Waals surface area contributed by atoms with Crippen LogP contribution in [0.25, 0.3) is 0 Å². The van der Waals surface area contributed by atoms with Gasteiger partial charge in [0.1, 0.15) is 5.82 Å². The molecule has 0 heterocycles. The molecule has 1 rings (SSSR count). The van der Waals surface area contributed by atoms with Gasteiger partial charge in [-0.15, -0.1) is 0 Å². The van der Waals surface area contributed by atoms with Crippen LogP contribution in [0, 0.1) is 12.7 Å². The lowest BCUT2D eigenvalue weighted by molar-refractivity contribution is -0.120. The maximum absolute atomic E-state index is 13.3. The van der Waals surface area contributed by atoms with Gasteiger partial charge in [0.15, 0.2) is 0 Å². The van der Waals surface area contributed by atoms with E-state index in [-0.39, 0.29) is 24.3 Å². The summed E-state index contributed by atoms with van der Waals surface area (Å²) in [5.41, 5.74) is 1.14. The number of carbonyl (C=O) groups is 1. The fourth-order valence-corrected chi connectivity index (χ4v) is 1.59. The molecule has 0 fully saturated rings. The van der Waals surface area contributed by atoms with Gasteiger partial charge in [-0.3, -0.25) is 4.79 Å². The van der Waals surface area contributed by atoms with E-state index in [0.29, 0.717) is 17.9 Å². The highest BCUT2D eigenvalue weighted by atomic mass is 19.1. The minimum Gasteiger partial charge on any atom is -0.383 e. The van der Waals surface area contributed by atoms with E-state index < -0.39 is 0 Å². The zero-order chi connectivity index (χ0) is 13.5. The molecule has 18 heavy (non-hydrogen) atoms. The highest BCUT2D eigenvalue weighted by molar-refractivity contribution is 5.81. The molecule has 100 valence electrons. The van der Waals surface area contributed by atoms with Crippen molar-refractivity contribution in [3.8, 4) is 0 Å². The van der Waals surface area contributed by atoms with E-state index >= 15 is 0 Å². The first-order chi connectivity index (χ1) is 8.54. The Labute approximate surface area is 107 Å². The molecule has 0 aliphatic carbocycles. The molecule has 0 radical (unpaired) electrons. The Morgan fingerprint density at radius 1 is 1.50 bits per heavy atom. The van der Waals surface area contributed by atoms with Crippen LogP contribution in [-0.4, -0.2) is 32.2 Å². The molecule has 1 unspecified atom stereocenters. The van der Waals surface area contributed by atoms with Crippen molar-refractivity contribution in [3.05, 3.63) is 29.6 Å². The third-order valence-corrected chi connectivity index (χ3v) is 2.53. The summed E-state index contributed by atoms with van der Waals surface area (Å²) in [6.45, 7) is 4.10. The summed E-state index contributed by atoms with van der Waals surface area (Å²) in [5.74, 6) is -0.434. The van der Waals surface area contributed by atoms with Crippen LogP contribution in [0.1, 0.15) is 12.5 Å². The third kappa shape index (κ3) is 4.33. The van der Waals surface area contributed by atoms with Gasteiger partial charge < -0.3 is 15.4 Å². The maximum Gasteiger partial charge on any atom is 0.239 e. The number of carbonyl (C=O) groups excluding carboxylic acids is 1. The van der Waals surface area contributed by atoms with E-state index in [2.05, 4.69) is 10.6 Å². The lowest BCUT2D eigenvalue weighted by Crippen LogP contribution is -2.39. The first-order valence-corrected chi connectivity index (χ1v) is 5.82. The van der Waals surface area contributed by atoms with Gasteiger partial charge in [-0.25, -0.2) is 4.39 Å². The fraction of sp³-hybridized carbons (Fsp3) is 0.462. The molecule has 5 heteroatoms. The Kier molecular flexibility index (Phi) is 5.58. The van der Waals surface area contributed by atoms with Crippen LogP contribution in [0.2, 0.25) is 0 Å². The molecular weight excluding hydrogens is 235 g/mol. The van der Waals surface area contributed by atoms with Crippen molar-refractivity contribution in [2.75, 3.05) is 25.6 Å². The molecule has 0 aliphatic rings. The summed E-state index contributed by atoms with van der Waals surface area (Å²) < 4.78 is 18.2. The van der Waals surface area contributed by atoms with Crippen molar-refractivity contribution < 1.29 is 13.9 Å². The monoisotopic (exact) mass is 254 g/mol. The van der Waals surface area contributed by atoms with Crippen molar-refractivity contribution in [1.29, 1.82) is 0 Å². The predicted molar refractivity (Wildman–Crippen MR) is 69.1 cm³/mol. The number of amides is 1. The van der Waals surface area contributed by atoms with Crippen molar-refractivity contribution in [2.45, 2.75) is 19.9 Å². The first-order valence-electron chi connectivity index (χ1n) is 5.82. The largest absolute Gasteiger partial charge is 0.383 e. The number of ether oxygens (including phenoxy) is 1. The average Bonchev–Trinajstić information content (AvgIpc) is 2.31. The minimum atomic E-state index is -0.284. The van der Waals surface area contributed by atoms with Crippen LogP contribution < -0.4 is 10.6 Å². The van der Waals surface area contributed by atoms with Crippen LogP contribution in [-0.2, 0) is 9.53 Å². The topological polar surface area (TPSA) is 50.4 Å². The number of hydrogen-bond acceptors (Lipinski definition) is 3. The predicted octanol–water partition coefficient (Wildman–Crippen LogP) is 1.70. The molecule has 4 nitrogen and oxygen atoms in total. The van der Waals surface area contributed by atoms with Gasteiger partial charge in [0.05, 0.1) is 13.2 Å². The van der Waals surface area contributed by atoms with Crippen LogP contribution in [0.4, 0.5) is 10.1 Å². The number of rotatable bonds is 6. The van der Waals surface area contributed by atoms with Gasteiger partial charge in [-0.2, -0.15) is 0 Å². The van der Waals surface area contributed by atoms with E-state index in [9.17, 15) is 9.18 Å². The summed E-state index contributed by atoms with van der Waals surface area (Å²) >= 11 is 0. The normalized spacial score (nSPS) is 12.0. The SMILES string of the molecule is COCC(C)NC(=O)CNc1cccc(F)c1C. The smallest absolute Gasteiger partial charge is 0.239 e. The van der Waals surface area contributed by atoms with Crippen molar-refractivity contribution in [1.82, 2.24) is 5.32 Å².